The van der Waals surface area contributed by atoms with Crippen molar-refractivity contribution in [3.63, 3.8) is 0 Å². The molecule has 0 unspecified atom stereocenters. The number of anilines is 1. The van der Waals surface area contributed by atoms with E-state index in [1.54, 1.807) is 31.2 Å². The van der Waals surface area contributed by atoms with E-state index in [0.717, 1.165) is 4.68 Å². The smallest absolute Gasteiger partial charge is 0.319 e. The first-order valence-corrected chi connectivity index (χ1v) is 10.7. The molecular weight excluding hydrogens is 464 g/mol. The third kappa shape index (κ3) is 4.91. The number of nitrogens with zero attached hydrogens (tertiary/aromatic N) is 3. The molecule has 2 aromatic carbocycles. The van der Waals surface area contributed by atoms with Gasteiger partial charge in [-0.25, -0.2) is 9.37 Å². The van der Waals surface area contributed by atoms with Crippen molar-refractivity contribution in [2.24, 2.45) is 0 Å². The molecule has 180 valence electrons. The number of halogens is 4. The van der Waals surface area contributed by atoms with Crippen molar-refractivity contribution in [1.29, 1.82) is 0 Å². The average molecular weight is 484 g/mol. The molecule has 1 amide bonds. The third-order valence-electron chi connectivity index (χ3n) is 5.53. The molecule has 1 N–H and O–H groups in total. The van der Waals surface area contributed by atoms with E-state index >= 15 is 0 Å². The number of benzene rings is 2. The van der Waals surface area contributed by atoms with Gasteiger partial charge in [-0.15, -0.1) is 0 Å². The third-order valence-corrected chi connectivity index (χ3v) is 5.53. The van der Waals surface area contributed by atoms with E-state index in [2.05, 4.69) is 15.4 Å². The summed E-state index contributed by atoms with van der Waals surface area (Å²) in [6.45, 7) is 2.99. The Bertz CT molecular complexity index is 1430. The maximum Gasteiger partial charge on any atom is 0.437 e. The molecule has 0 fully saturated rings. The molecule has 0 atom stereocenters. The highest BCUT2D eigenvalue weighted by Crippen LogP contribution is 2.36. The zero-order valence-corrected chi connectivity index (χ0v) is 18.8. The second kappa shape index (κ2) is 9.28. The molecule has 6 nitrogen and oxygen atoms in total. The van der Waals surface area contributed by atoms with Gasteiger partial charge in [0.25, 0.3) is 5.91 Å². The normalized spacial score (nSPS) is 11.6. The Hall–Kier alpha value is -4.08. The van der Waals surface area contributed by atoms with Crippen LogP contribution in [-0.4, -0.2) is 26.5 Å². The van der Waals surface area contributed by atoms with E-state index in [1.807, 2.05) is 0 Å². The van der Waals surface area contributed by atoms with E-state index < -0.39 is 29.3 Å². The maximum atomic E-state index is 13.8. The van der Waals surface area contributed by atoms with Gasteiger partial charge in [0.1, 0.15) is 11.5 Å². The molecule has 0 aliphatic carbocycles. The van der Waals surface area contributed by atoms with Crippen molar-refractivity contribution in [3.05, 3.63) is 88.6 Å². The number of alkyl halides is 3. The molecule has 10 heteroatoms. The van der Waals surface area contributed by atoms with Gasteiger partial charge in [-0.1, -0.05) is 37.3 Å². The number of amides is 1. The van der Waals surface area contributed by atoms with Gasteiger partial charge in [0, 0.05) is 11.8 Å². The van der Waals surface area contributed by atoms with Crippen LogP contribution >= 0.6 is 0 Å². The molecule has 4 aromatic rings. The van der Waals surface area contributed by atoms with Crippen molar-refractivity contribution >= 4 is 28.3 Å². The van der Waals surface area contributed by atoms with Crippen molar-refractivity contribution < 1.29 is 27.2 Å². The number of hydrogen-bond donors (Lipinski definition) is 1. The molecule has 0 bridgehead atoms. The first-order valence-electron chi connectivity index (χ1n) is 10.7. The molecule has 2 aromatic heterocycles. The monoisotopic (exact) mass is 484 g/mol. The van der Waals surface area contributed by atoms with Crippen molar-refractivity contribution in [1.82, 2.24) is 14.8 Å². The number of pyridine rings is 1. The summed E-state index contributed by atoms with van der Waals surface area (Å²) >= 11 is 0. The molecule has 2 heterocycles. The summed E-state index contributed by atoms with van der Waals surface area (Å²) in [6.07, 6.45) is -4.69. The van der Waals surface area contributed by atoms with Gasteiger partial charge in [-0.2, -0.15) is 18.3 Å². The van der Waals surface area contributed by atoms with Crippen LogP contribution in [0.2, 0.25) is 0 Å². The molecule has 0 spiro atoms. The van der Waals surface area contributed by atoms with Crippen molar-refractivity contribution in [2.45, 2.75) is 33.0 Å². The highest BCUT2D eigenvalue weighted by atomic mass is 19.4. The summed E-state index contributed by atoms with van der Waals surface area (Å²) in [7, 11) is 0. The van der Waals surface area contributed by atoms with Crippen LogP contribution in [0.3, 0.4) is 0 Å². The van der Waals surface area contributed by atoms with Gasteiger partial charge in [0.05, 0.1) is 29.0 Å². The minimum Gasteiger partial charge on any atom is -0.319 e. The summed E-state index contributed by atoms with van der Waals surface area (Å²) in [5.74, 6) is -1.60. The molecule has 0 aliphatic heterocycles. The second-order valence-electron chi connectivity index (χ2n) is 7.89. The van der Waals surface area contributed by atoms with Crippen LogP contribution < -0.4 is 5.32 Å². The quantitative estimate of drug-likeness (QED) is 0.278. The highest BCUT2D eigenvalue weighted by molar-refractivity contribution is 6.14. The maximum absolute atomic E-state index is 13.8. The lowest BCUT2D eigenvalue weighted by Gasteiger charge is -2.12. The standard InChI is InChI=1S/C25H20F4N4O2/c1-3-21(34)20-12-18(17-6-4-5-7-19(17)30-20)24(35)31-22-14(2)33(32-23(22)25(27,28)29)13-15-8-10-16(26)11-9-15/h4-12H,3,13H2,1-2H3,(H,31,35). The molecule has 0 radical (unpaired) electrons. The Labute approximate surface area is 197 Å². The number of ketones is 1. The lowest BCUT2D eigenvalue weighted by molar-refractivity contribution is -0.140. The van der Waals surface area contributed by atoms with Gasteiger partial charge in [0.15, 0.2) is 11.5 Å². The lowest BCUT2D eigenvalue weighted by atomic mass is 10.0. The Kier molecular flexibility index (Phi) is 6.38. The molecule has 35 heavy (non-hydrogen) atoms. The summed E-state index contributed by atoms with van der Waals surface area (Å²) < 4.78 is 55.8. The largest absolute Gasteiger partial charge is 0.437 e. The lowest BCUT2D eigenvalue weighted by Crippen LogP contribution is -2.18. The van der Waals surface area contributed by atoms with Gasteiger partial charge < -0.3 is 5.32 Å². The van der Waals surface area contributed by atoms with Crippen LogP contribution in [0, 0.1) is 12.7 Å². The molecule has 0 saturated carbocycles. The summed E-state index contributed by atoms with van der Waals surface area (Å²) in [4.78, 5) is 29.8. The van der Waals surface area contributed by atoms with Crippen molar-refractivity contribution in [3.8, 4) is 0 Å². The van der Waals surface area contributed by atoms with E-state index in [9.17, 15) is 27.2 Å². The highest BCUT2D eigenvalue weighted by Gasteiger charge is 2.39. The first kappa shape index (κ1) is 24.1. The van der Waals surface area contributed by atoms with E-state index in [0.29, 0.717) is 16.5 Å². The van der Waals surface area contributed by atoms with Crippen LogP contribution in [0.1, 0.15) is 51.1 Å². The van der Waals surface area contributed by atoms with Crippen LogP contribution in [0.15, 0.2) is 54.6 Å². The summed E-state index contributed by atoms with van der Waals surface area (Å²) in [5, 5.41) is 6.43. The summed E-state index contributed by atoms with van der Waals surface area (Å²) in [6, 6.07) is 13.1. The molecule has 0 aliphatic rings. The van der Waals surface area contributed by atoms with Gasteiger partial charge in [0.2, 0.25) is 0 Å². The number of rotatable bonds is 6. The predicted molar refractivity (Wildman–Crippen MR) is 122 cm³/mol. The zero-order chi connectivity index (χ0) is 25.3. The number of nitrogens with one attached hydrogen (secondary N) is 1. The Balaban J connectivity index is 1.76. The van der Waals surface area contributed by atoms with Gasteiger partial charge in [-0.05, 0) is 36.8 Å². The minimum absolute atomic E-state index is 0.0196. The van der Waals surface area contributed by atoms with Crippen LogP contribution in [-0.2, 0) is 12.7 Å². The van der Waals surface area contributed by atoms with Gasteiger partial charge >= 0.3 is 6.18 Å². The SMILES string of the molecule is CCC(=O)c1cc(C(=O)Nc2c(C(F)(F)F)nn(Cc3ccc(F)cc3)c2C)c2ccccc2n1. The first-order chi connectivity index (χ1) is 16.6. The fraction of sp³-hybridized carbons (Fsp3) is 0.200. The van der Waals surface area contributed by atoms with Gasteiger partial charge in [-0.3, -0.25) is 14.3 Å². The number of carbonyl (C=O) groups excluding carboxylic acids is 2. The number of aromatic nitrogens is 3. The summed E-state index contributed by atoms with van der Waals surface area (Å²) in [5.41, 5.74) is -0.703. The number of Topliss-reactive ketones (excluding diaryl/α,β-unsaturated/α-hetero) is 1. The Morgan fingerprint density at radius 2 is 1.74 bits per heavy atom. The Morgan fingerprint density at radius 1 is 1.06 bits per heavy atom. The topological polar surface area (TPSA) is 76.9 Å². The number of para-hydroxylation sites is 1. The predicted octanol–water partition coefficient (Wildman–Crippen LogP) is 5.79. The number of hydrogen-bond acceptors (Lipinski definition) is 4. The van der Waals surface area contributed by atoms with E-state index in [4.69, 9.17) is 0 Å². The van der Waals surface area contributed by atoms with E-state index in [1.165, 1.54) is 37.3 Å². The number of carbonyl (C=O) groups is 2. The Morgan fingerprint density at radius 3 is 2.40 bits per heavy atom. The fourth-order valence-electron chi connectivity index (χ4n) is 3.68. The van der Waals surface area contributed by atoms with Crippen molar-refractivity contribution in [2.75, 3.05) is 5.32 Å². The fourth-order valence-corrected chi connectivity index (χ4v) is 3.68. The second-order valence-corrected chi connectivity index (χ2v) is 7.89. The number of fused-ring (bicyclic) bond motifs is 1. The molecule has 4 rings (SSSR count). The average Bonchev–Trinajstić information content (AvgIpc) is 3.14. The van der Waals surface area contributed by atoms with Crippen LogP contribution in [0.25, 0.3) is 10.9 Å². The molecular formula is C25H20F4N4O2. The van der Waals surface area contributed by atoms with Crippen LogP contribution in [0.4, 0.5) is 23.2 Å². The van der Waals surface area contributed by atoms with E-state index in [-0.39, 0.29) is 35.7 Å². The zero-order valence-electron chi connectivity index (χ0n) is 18.8. The molecule has 0 saturated heterocycles. The minimum atomic E-state index is -4.84. The van der Waals surface area contributed by atoms with Crippen LogP contribution in [0.5, 0.6) is 0 Å².